The van der Waals surface area contributed by atoms with Crippen LogP contribution in [0, 0.1) is 23.6 Å². The summed E-state index contributed by atoms with van der Waals surface area (Å²) in [5.41, 5.74) is 3.86. The number of halogens is 1. The van der Waals surface area contributed by atoms with Crippen molar-refractivity contribution < 1.29 is 27.4 Å². The lowest BCUT2D eigenvalue weighted by Gasteiger charge is -2.57. The van der Waals surface area contributed by atoms with Gasteiger partial charge >= 0.3 is 5.97 Å². The highest BCUT2D eigenvalue weighted by Crippen LogP contribution is 2.60. The Morgan fingerprint density at radius 1 is 0.977 bits per heavy atom. The van der Waals surface area contributed by atoms with E-state index in [4.69, 9.17) is 9.84 Å². The highest BCUT2D eigenvalue weighted by Gasteiger charge is 2.51. The lowest BCUT2D eigenvalue weighted by molar-refractivity contribution is -0.00518. The molecule has 0 atom stereocenters. The molecule has 10 heteroatoms. The van der Waals surface area contributed by atoms with Gasteiger partial charge < -0.3 is 9.84 Å². The molecule has 8 nitrogen and oxygen atoms in total. The van der Waals surface area contributed by atoms with E-state index >= 15 is 0 Å². The molecule has 222 valence electrons. The lowest BCUT2D eigenvalue weighted by atomic mass is 9.48. The molecule has 4 aliphatic carbocycles. The number of rotatable bonds is 8. The number of hydrogen-bond acceptors (Lipinski definition) is 5. The highest BCUT2D eigenvalue weighted by molar-refractivity contribution is 7.92. The second-order valence-corrected chi connectivity index (χ2v) is 14.1. The van der Waals surface area contributed by atoms with E-state index in [0.29, 0.717) is 11.1 Å². The number of aromatic carboxylic acids is 1. The van der Waals surface area contributed by atoms with Crippen LogP contribution in [0.4, 0.5) is 10.1 Å². The summed E-state index contributed by atoms with van der Waals surface area (Å²) in [5, 5.41) is 13.3. The standard InChI is InChI=1S/C33H32FN3O5S/c1-42-31-13-28(32(38)39)29(34)14-30(31)36-43(40,41)27-18-35-37(19-27)26-8-4-24(5-9-26)23-2-6-25(7-3-23)33-15-20-10-21(16-33)12-22(11-20)17-33/h2-9,13-14,18-22,36H,10-12,15-17H2,1H3,(H,38,39)/t20-,21-,22?,33-/m0/s1. The third kappa shape index (κ3) is 4.97. The maximum absolute atomic E-state index is 14.3. The van der Waals surface area contributed by atoms with Crippen LogP contribution in [-0.2, 0) is 15.4 Å². The van der Waals surface area contributed by atoms with Crippen LogP contribution >= 0.6 is 0 Å². The number of methoxy groups -OCH3 is 1. The molecule has 0 aliphatic heterocycles. The van der Waals surface area contributed by atoms with Crippen LogP contribution in [0.25, 0.3) is 16.8 Å². The molecule has 2 N–H and O–H groups in total. The lowest BCUT2D eigenvalue weighted by Crippen LogP contribution is -2.48. The van der Waals surface area contributed by atoms with E-state index in [-0.39, 0.29) is 16.3 Å². The molecule has 4 fully saturated rings. The first-order valence-electron chi connectivity index (χ1n) is 14.5. The van der Waals surface area contributed by atoms with Gasteiger partial charge in [-0.25, -0.2) is 22.3 Å². The van der Waals surface area contributed by atoms with Gasteiger partial charge in [0.25, 0.3) is 10.0 Å². The van der Waals surface area contributed by atoms with Crippen LogP contribution in [0.1, 0.15) is 54.4 Å². The number of sulfonamides is 1. The van der Waals surface area contributed by atoms with Gasteiger partial charge in [-0.2, -0.15) is 5.10 Å². The van der Waals surface area contributed by atoms with Crippen molar-refractivity contribution >= 4 is 21.7 Å². The molecule has 4 bridgehead atoms. The van der Waals surface area contributed by atoms with Crippen molar-refractivity contribution in [2.24, 2.45) is 17.8 Å². The van der Waals surface area contributed by atoms with Gasteiger partial charge in [-0.15, -0.1) is 0 Å². The van der Waals surface area contributed by atoms with E-state index in [0.717, 1.165) is 41.0 Å². The van der Waals surface area contributed by atoms with E-state index in [2.05, 4.69) is 34.1 Å². The Bertz CT molecular complexity index is 1780. The van der Waals surface area contributed by atoms with E-state index in [1.807, 2.05) is 24.3 Å². The molecular formula is C33H32FN3O5S. The third-order valence-corrected chi connectivity index (χ3v) is 11.0. The Morgan fingerprint density at radius 2 is 1.56 bits per heavy atom. The number of hydrogen-bond donors (Lipinski definition) is 2. The molecule has 0 saturated heterocycles. The average Bonchev–Trinajstić information content (AvgIpc) is 3.48. The average molecular weight is 602 g/mol. The second-order valence-electron chi connectivity index (χ2n) is 12.4. The molecule has 0 unspecified atom stereocenters. The summed E-state index contributed by atoms with van der Waals surface area (Å²) in [6.45, 7) is 0. The summed E-state index contributed by atoms with van der Waals surface area (Å²) in [6.07, 6.45) is 10.9. The van der Waals surface area contributed by atoms with E-state index in [1.165, 1.54) is 68.3 Å². The topological polar surface area (TPSA) is 111 Å². The molecule has 8 rings (SSSR count). The molecule has 0 radical (unpaired) electrons. The number of carbonyl (C=O) groups is 1. The first-order valence-corrected chi connectivity index (χ1v) is 16.0. The number of anilines is 1. The van der Waals surface area contributed by atoms with E-state index < -0.39 is 27.4 Å². The maximum Gasteiger partial charge on any atom is 0.338 e. The van der Waals surface area contributed by atoms with Crippen LogP contribution in [0.3, 0.4) is 0 Å². The Balaban J connectivity index is 1.07. The van der Waals surface area contributed by atoms with Crippen LogP contribution in [0.5, 0.6) is 5.75 Å². The maximum atomic E-state index is 14.3. The normalized spacial score (nSPS) is 24.2. The quantitative estimate of drug-likeness (QED) is 0.234. The van der Waals surface area contributed by atoms with Gasteiger partial charge in [0.2, 0.25) is 0 Å². The number of ether oxygens (including phenoxy) is 1. The van der Waals surface area contributed by atoms with Gasteiger partial charge in [0, 0.05) is 6.07 Å². The molecule has 1 heterocycles. The third-order valence-electron chi connectivity index (χ3n) is 9.63. The highest BCUT2D eigenvalue weighted by atomic mass is 32.2. The first-order chi connectivity index (χ1) is 20.6. The summed E-state index contributed by atoms with van der Waals surface area (Å²) >= 11 is 0. The SMILES string of the molecule is COc1cc(C(=O)O)c(F)cc1NS(=O)(=O)c1cnn(-c2ccc(-c3ccc([C@]45CC6C[C@H](C[C@@H](C6)C4)C5)cc3)cc2)c1. The summed E-state index contributed by atoms with van der Waals surface area (Å²) in [4.78, 5) is 11.1. The zero-order chi connectivity index (χ0) is 29.9. The minimum Gasteiger partial charge on any atom is -0.495 e. The largest absolute Gasteiger partial charge is 0.495 e. The van der Waals surface area contributed by atoms with Crippen molar-refractivity contribution in [1.29, 1.82) is 0 Å². The number of nitrogens with one attached hydrogen (secondary N) is 1. The molecule has 1 aromatic heterocycles. The number of nitrogens with zero attached hydrogens (tertiary/aromatic N) is 2. The van der Waals surface area contributed by atoms with Gasteiger partial charge in [0.05, 0.1) is 36.4 Å². The minimum atomic E-state index is -4.18. The van der Waals surface area contributed by atoms with Crippen LogP contribution < -0.4 is 9.46 Å². The van der Waals surface area contributed by atoms with Gasteiger partial charge in [0.15, 0.2) is 0 Å². The summed E-state index contributed by atoms with van der Waals surface area (Å²) in [5.74, 6) is 0.00209. The van der Waals surface area contributed by atoms with Crippen LogP contribution in [-0.4, -0.2) is 36.4 Å². The van der Waals surface area contributed by atoms with Gasteiger partial charge in [-0.3, -0.25) is 4.72 Å². The molecule has 4 aliphatic rings. The molecule has 0 amide bonds. The Hall–Kier alpha value is -4.18. The molecule has 4 saturated carbocycles. The van der Waals surface area contributed by atoms with Crippen molar-refractivity contribution in [2.45, 2.75) is 48.8 Å². The minimum absolute atomic E-state index is 0.128. The number of carboxylic acids is 1. The van der Waals surface area contributed by atoms with Crippen LogP contribution in [0.2, 0.25) is 0 Å². The molecule has 43 heavy (non-hydrogen) atoms. The zero-order valence-electron chi connectivity index (χ0n) is 23.7. The fraction of sp³-hybridized carbons (Fsp3) is 0.333. The molecule has 3 aromatic carbocycles. The summed E-state index contributed by atoms with van der Waals surface area (Å²) in [7, 11) is -2.95. The van der Waals surface area contributed by atoms with Gasteiger partial charge in [0.1, 0.15) is 16.5 Å². The van der Waals surface area contributed by atoms with Crippen molar-refractivity contribution in [2.75, 3.05) is 11.8 Å². The predicted molar refractivity (Wildman–Crippen MR) is 160 cm³/mol. The second kappa shape index (κ2) is 10.2. The van der Waals surface area contributed by atoms with Gasteiger partial charge in [-0.1, -0.05) is 36.4 Å². The number of benzene rings is 3. The first kappa shape index (κ1) is 27.6. The Labute approximate surface area is 249 Å². The van der Waals surface area contributed by atoms with Crippen molar-refractivity contribution in [3.05, 3.63) is 90.0 Å². The summed E-state index contributed by atoms with van der Waals surface area (Å²) < 4.78 is 49.1. The Kier molecular flexibility index (Phi) is 6.57. The van der Waals surface area contributed by atoms with Crippen molar-refractivity contribution in [3.8, 4) is 22.6 Å². The monoisotopic (exact) mass is 601 g/mol. The molecular weight excluding hydrogens is 569 g/mol. The van der Waals surface area contributed by atoms with E-state index in [9.17, 15) is 17.6 Å². The van der Waals surface area contributed by atoms with Crippen LogP contribution in [0.15, 0.2) is 78.0 Å². The number of aromatic nitrogens is 2. The molecule has 4 aromatic rings. The summed E-state index contributed by atoms with van der Waals surface area (Å²) in [6, 6.07) is 18.5. The predicted octanol–water partition coefficient (Wildman–Crippen LogP) is 6.65. The fourth-order valence-electron chi connectivity index (χ4n) is 8.04. The fourth-order valence-corrected chi connectivity index (χ4v) is 9.03. The van der Waals surface area contributed by atoms with E-state index in [1.54, 1.807) is 0 Å². The Morgan fingerprint density at radius 3 is 2.12 bits per heavy atom. The number of carboxylic acid groups (broad SMARTS) is 1. The van der Waals surface area contributed by atoms with Gasteiger partial charge in [-0.05, 0) is 96.6 Å². The smallest absolute Gasteiger partial charge is 0.338 e. The van der Waals surface area contributed by atoms with Crippen molar-refractivity contribution in [3.63, 3.8) is 0 Å². The van der Waals surface area contributed by atoms with Crippen molar-refractivity contribution in [1.82, 2.24) is 9.78 Å². The molecule has 0 spiro atoms. The zero-order valence-corrected chi connectivity index (χ0v) is 24.5.